The number of carbonyl (C=O) groups is 1. The van der Waals surface area contributed by atoms with Gasteiger partial charge < -0.3 is 4.90 Å². The molecule has 1 unspecified atom stereocenters. The van der Waals surface area contributed by atoms with Crippen LogP contribution >= 0.6 is 11.6 Å². The van der Waals surface area contributed by atoms with E-state index in [1.807, 2.05) is 41.3 Å². The van der Waals surface area contributed by atoms with Gasteiger partial charge in [-0.25, -0.2) is 0 Å². The lowest BCUT2D eigenvalue weighted by Crippen LogP contribution is -2.30. The minimum atomic E-state index is -0.175. The summed E-state index contributed by atoms with van der Waals surface area (Å²) in [5.74, 6) is -0.00214. The zero-order chi connectivity index (χ0) is 18.3. The lowest BCUT2D eigenvalue weighted by molar-refractivity contribution is 0.0744. The molecular weight excluding hydrogens is 346 g/mol. The van der Waals surface area contributed by atoms with Gasteiger partial charge in [0.15, 0.2) is 0 Å². The van der Waals surface area contributed by atoms with E-state index in [1.165, 1.54) is 5.56 Å². The van der Waals surface area contributed by atoms with Gasteiger partial charge in [0.25, 0.3) is 5.91 Å². The SMILES string of the molecule is CCCN1C(=O)c2[nH]nc(-c3ccc(C)cc3)c2C1c1cccc(Cl)c1. The second-order valence-electron chi connectivity index (χ2n) is 6.68. The summed E-state index contributed by atoms with van der Waals surface area (Å²) in [4.78, 5) is 14.9. The fraction of sp³-hybridized carbons (Fsp3) is 0.238. The zero-order valence-electron chi connectivity index (χ0n) is 14.8. The average Bonchev–Trinajstić information content (AvgIpc) is 3.16. The Bertz CT molecular complexity index is 962. The maximum atomic E-state index is 13.0. The van der Waals surface area contributed by atoms with Gasteiger partial charge in [0.2, 0.25) is 0 Å². The van der Waals surface area contributed by atoms with Gasteiger partial charge in [-0.05, 0) is 31.0 Å². The van der Waals surface area contributed by atoms with Gasteiger partial charge in [-0.1, -0.05) is 60.5 Å². The Balaban J connectivity index is 1.89. The third kappa shape index (κ3) is 2.71. The molecule has 0 bridgehead atoms. The molecule has 1 aliphatic heterocycles. The zero-order valence-corrected chi connectivity index (χ0v) is 15.5. The summed E-state index contributed by atoms with van der Waals surface area (Å²) in [5.41, 5.74) is 5.56. The van der Waals surface area contributed by atoms with Crippen molar-refractivity contribution in [3.63, 3.8) is 0 Å². The van der Waals surface area contributed by atoms with Crippen molar-refractivity contribution >= 4 is 17.5 Å². The Labute approximate surface area is 157 Å². The van der Waals surface area contributed by atoms with Crippen molar-refractivity contribution < 1.29 is 4.79 Å². The number of aryl methyl sites for hydroxylation is 1. The second-order valence-corrected chi connectivity index (χ2v) is 7.12. The predicted octanol–water partition coefficient (Wildman–Crippen LogP) is 4.99. The summed E-state index contributed by atoms with van der Waals surface area (Å²) in [6, 6.07) is 15.8. The molecule has 0 spiro atoms. The van der Waals surface area contributed by atoms with Gasteiger partial charge in [-0.15, -0.1) is 0 Å². The van der Waals surface area contributed by atoms with Crippen LogP contribution in [0.4, 0.5) is 0 Å². The van der Waals surface area contributed by atoms with Crippen molar-refractivity contribution in [2.24, 2.45) is 0 Å². The molecule has 1 aromatic heterocycles. The number of hydrogen-bond donors (Lipinski definition) is 1. The highest BCUT2D eigenvalue weighted by molar-refractivity contribution is 6.30. The lowest BCUT2D eigenvalue weighted by atomic mass is 9.96. The topological polar surface area (TPSA) is 49.0 Å². The highest BCUT2D eigenvalue weighted by atomic mass is 35.5. The monoisotopic (exact) mass is 365 g/mol. The van der Waals surface area contributed by atoms with Gasteiger partial charge in [0, 0.05) is 22.7 Å². The summed E-state index contributed by atoms with van der Waals surface area (Å²) >= 11 is 6.23. The number of rotatable bonds is 4. The highest BCUT2D eigenvalue weighted by Gasteiger charge is 2.41. The van der Waals surface area contributed by atoms with Crippen molar-refractivity contribution in [3.8, 4) is 11.3 Å². The summed E-state index contributed by atoms with van der Waals surface area (Å²) < 4.78 is 0. The molecule has 4 nitrogen and oxygen atoms in total. The summed E-state index contributed by atoms with van der Waals surface area (Å²) in [6.45, 7) is 4.82. The molecule has 132 valence electrons. The van der Waals surface area contributed by atoms with Crippen LogP contribution in [-0.2, 0) is 0 Å². The van der Waals surface area contributed by atoms with Crippen LogP contribution in [0.5, 0.6) is 0 Å². The number of halogens is 1. The number of H-pyrrole nitrogens is 1. The van der Waals surface area contributed by atoms with Gasteiger partial charge in [-0.3, -0.25) is 9.89 Å². The summed E-state index contributed by atoms with van der Waals surface area (Å²) in [5, 5.41) is 8.12. The van der Waals surface area contributed by atoms with Crippen molar-refractivity contribution in [2.75, 3.05) is 6.54 Å². The number of hydrogen-bond acceptors (Lipinski definition) is 2. The number of nitrogens with zero attached hydrogens (tertiary/aromatic N) is 2. The molecule has 0 aliphatic carbocycles. The fourth-order valence-corrected chi connectivity index (χ4v) is 3.82. The van der Waals surface area contributed by atoms with E-state index in [0.717, 1.165) is 28.8 Å². The maximum Gasteiger partial charge on any atom is 0.273 e. The second kappa shape index (κ2) is 6.61. The third-order valence-corrected chi connectivity index (χ3v) is 5.05. The van der Waals surface area contributed by atoms with Gasteiger partial charge >= 0.3 is 0 Å². The number of aromatic amines is 1. The van der Waals surface area contributed by atoms with E-state index in [1.54, 1.807) is 0 Å². The first-order valence-corrected chi connectivity index (χ1v) is 9.19. The summed E-state index contributed by atoms with van der Waals surface area (Å²) in [6.07, 6.45) is 0.889. The van der Waals surface area contributed by atoms with Gasteiger partial charge in [0.05, 0.1) is 11.7 Å². The van der Waals surface area contributed by atoms with Crippen molar-refractivity contribution in [1.82, 2.24) is 15.1 Å². The molecule has 0 saturated carbocycles. The van der Waals surface area contributed by atoms with Crippen LogP contribution < -0.4 is 0 Å². The standard InChI is InChI=1S/C21H20ClN3O/c1-3-11-25-20(15-5-4-6-16(22)12-15)17-18(23-24-19(17)21(25)26)14-9-7-13(2)8-10-14/h4-10,12,20H,3,11H2,1-2H3,(H,23,24). The molecule has 0 radical (unpaired) electrons. The molecule has 1 atom stereocenters. The molecule has 1 amide bonds. The van der Waals surface area contributed by atoms with E-state index in [0.29, 0.717) is 17.3 Å². The molecule has 5 heteroatoms. The molecule has 1 N–H and O–H groups in total. The first-order chi connectivity index (χ1) is 12.6. The lowest BCUT2D eigenvalue weighted by Gasteiger charge is -2.26. The highest BCUT2D eigenvalue weighted by Crippen LogP contribution is 2.43. The number of benzene rings is 2. The molecule has 0 fully saturated rings. The van der Waals surface area contributed by atoms with Crippen LogP contribution in [0.25, 0.3) is 11.3 Å². The first kappa shape index (κ1) is 16.9. The smallest absolute Gasteiger partial charge is 0.273 e. The predicted molar refractivity (Wildman–Crippen MR) is 103 cm³/mol. The molecule has 1 aliphatic rings. The van der Waals surface area contributed by atoms with Crippen molar-refractivity contribution in [3.05, 3.63) is 75.9 Å². The summed E-state index contributed by atoms with van der Waals surface area (Å²) in [7, 11) is 0. The van der Waals surface area contributed by atoms with E-state index >= 15 is 0 Å². The molecule has 4 rings (SSSR count). The number of fused-ring (bicyclic) bond motifs is 1. The number of amides is 1. The van der Waals surface area contributed by atoms with E-state index in [-0.39, 0.29) is 11.9 Å². The van der Waals surface area contributed by atoms with Gasteiger partial charge in [0.1, 0.15) is 5.69 Å². The minimum Gasteiger partial charge on any atom is -0.326 e. The van der Waals surface area contributed by atoms with Crippen molar-refractivity contribution in [1.29, 1.82) is 0 Å². The number of carbonyl (C=O) groups excluding carboxylic acids is 1. The van der Waals surface area contributed by atoms with Crippen molar-refractivity contribution in [2.45, 2.75) is 26.3 Å². The van der Waals surface area contributed by atoms with E-state index in [9.17, 15) is 4.79 Å². The van der Waals surface area contributed by atoms with E-state index in [2.05, 4.69) is 36.2 Å². The van der Waals surface area contributed by atoms with Crippen LogP contribution in [0.15, 0.2) is 48.5 Å². The maximum absolute atomic E-state index is 13.0. The van der Waals surface area contributed by atoms with Crippen LogP contribution in [0, 0.1) is 6.92 Å². The fourth-order valence-electron chi connectivity index (χ4n) is 3.62. The Hall–Kier alpha value is -2.59. The van der Waals surface area contributed by atoms with E-state index in [4.69, 9.17) is 11.6 Å². The number of nitrogens with one attached hydrogen (secondary N) is 1. The quantitative estimate of drug-likeness (QED) is 0.707. The third-order valence-electron chi connectivity index (χ3n) is 4.82. The Morgan fingerprint density at radius 2 is 1.96 bits per heavy atom. The molecule has 2 aromatic carbocycles. The molecule has 3 aromatic rings. The van der Waals surface area contributed by atoms with Crippen LogP contribution in [0.1, 0.15) is 46.6 Å². The van der Waals surface area contributed by atoms with Crippen LogP contribution in [-0.4, -0.2) is 27.5 Å². The van der Waals surface area contributed by atoms with Crippen LogP contribution in [0.2, 0.25) is 5.02 Å². The molecule has 0 saturated heterocycles. The normalized spacial score (nSPS) is 16.2. The Kier molecular flexibility index (Phi) is 4.29. The van der Waals surface area contributed by atoms with E-state index < -0.39 is 0 Å². The van der Waals surface area contributed by atoms with Gasteiger partial charge in [-0.2, -0.15) is 5.10 Å². The molecule has 26 heavy (non-hydrogen) atoms. The Morgan fingerprint density at radius 3 is 2.65 bits per heavy atom. The Morgan fingerprint density at radius 1 is 1.19 bits per heavy atom. The number of aromatic nitrogens is 2. The average molecular weight is 366 g/mol. The largest absolute Gasteiger partial charge is 0.326 e. The molecular formula is C21H20ClN3O. The minimum absolute atomic E-state index is 0.00214. The molecule has 2 heterocycles. The van der Waals surface area contributed by atoms with Crippen LogP contribution in [0.3, 0.4) is 0 Å². The first-order valence-electron chi connectivity index (χ1n) is 8.82.